The lowest BCUT2D eigenvalue weighted by Gasteiger charge is -2.20. The molecule has 0 saturated carbocycles. The summed E-state index contributed by atoms with van der Waals surface area (Å²) in [6.45, 7) is 0. The molecule has 0 saturated heterocycles. The van der Waals surface area contributed by atoms with Gasteiger partial charge in [0.2, 0.25) is 0 Å². The van der Waals surface area contributed by atoms with Crippen molar-refractivity contribution < 1.29 is 12.6 Å². The van der Waals surface area contributed by atoms with Crippen LogP contribution in [0.2, 0.25) is 0 Å². The SMILES string of the molecule is [2H]c1cc([2H])c2c(c1[2H])c1c([2H])c([2H])cc([2H])c1n2-c1cc(-c2c3ccccc3c(-c3nc(-c4ccccc4)nc(-c4ccccc4)n3)c3ccccc23)ccc1-c1cccc2c1oc1ccccc12. The Morgan fingerprint density at radius 2 is 0.891 bits per heavy atom. The van der Waals surface area contributed by atoms with Crippen molar-refractivity contribution in [1.82, 2.24) is 19.5 Å². The summed E-state index contributed by atoms with van der Waals surface area (Å²) < 4.78 is 63.2. The maximum atomic E-state index is 9.45. The summed E-state index contributed by atoms with van der Waals surface area (Å²) in [7, 11) is 0. The molecular formula is C59H36N4O. The average molecular weight is 823 g/mol. The van der Waals surface area contributed by atoms with E-state index in [9.17, 15) is 5.48 Å². The van der Waals surface area contributed by atoms with Gasteiger partial charge in [0, 0.05) is 49.4 Å². The summed E-state index contributed by atoms with van der Waals surface area (Å²) in [6, 6.07) is 58.3. The second-order valence-electron chi connectivity index (χ2n) is 15.8. The van der Waals surface area contributed by atoms with E-state index >= 15 is 0 Å². The maximum absolute atomic E-state index is 9.45. The molecule has 3 aromatic heterocycles. The summed E-state index contributed by atoms with van der Waals surface area (Å²) >= 11 is 0. The number of hydrogen-bond acceptors (Lipinski definition) is 4. The molecule has 0 bridgehead atoms. The van der Waals surface area contributed by atoms with Gasteiger partial charge in [-0.3, -0.25) is 0 Å². The molecule has 13 aromatic rings. The van der Waals surface area contributed by atoms with Gasteiger partial charge in [-0.1, -0.05) is 194 Å². The van der Waals surface area contributed by atoms with Crippen molar-refractivity contribution in [3.63, 3.8) is 0 Å². The third kappa shape index (κ3) is 5.61. The molecule has 10 aromatic carbocycles. The van der Waals surface area contributed by atoms with Crippen molar-refractivity contribution in [2.75, 3.05) is 0 Å². The van der Waals surface area contributed by atoms with Gasteiger partial charge in [0.15, 0.2) is 17.5 Å². The Balaban J connectivity index is 1.15. The number of furan rings is 1. The first-order valence-electron chi connectivity index (χ1n) is 24.1. The highest BCUT2D eigenvalue weighted by molar-refractivity contribution is 6.21. The van der Waals surface area contributed by atoms with Gasteiger partial charge in [0.05, 0.1) is 24.9 Å². The minimum atomic E-state index is -0.179. The lowest BCUT2D eigenvalue weighted by molar-refractivity contribution is 0.670. The summed E-state index contributed by atoms with van der Waals surface area (Å²) in [5.41, 5.74) is 8.28. The summed E-state index contributed by atoms with van der Waals surface area (Å²) in [5, 5.41) is 5.94. The zero-order valence-electron chi connectivity index (χ0n) is 40.0. The van der Waals surface area contributed by atoms with Crippen molar-refractivity contribution in [1.29, 1.82) is 0 Å². The van der Waals surface area contributed by atoms with Gasteiger partial charge >= 0.3 is 0 Å². The molecule has 0 atom stereocenters. The van der Waals surface area contributed by atoms with Crippen LogP contribution in [-0.4, -0.2) is 19.5 Å². The minimum Gasteiger partial charge on any atom is -0.455 e. The fourth-order valence-electron chi connectivity index (χ4n) is 9.42. The van der Waals surface area contributed by atoms with E-state index in [4.69, 9.17) is 22.1 Å². The minimum absolute atomic E-state index is 0.0434. The summed E-state index contributed by atoms with van der Waals surface area (Å²) in [6.07, 6.45) is 0. The zero-order valence-corrected chi connectivity index (χ0v) is 34.0. The van der Waals surface area contributed by atoms with Crippen LogP contribution in [0.1, 0.15) is 8.22 Å². The maximum Gasteiger partial charge on any atom is 0.165 e. The number of nitrogens with zero attached hydrogens (tertiary/aromatic N) is 4. The van der Waals surface area contributed by atoms with Crippen LogP contribution in [0.15, 0.2) is 223 Å². The average Bonchev–Trinajstić information content (AvgIpc) is 3.97. The van der Waals surface area contributed by atoms with Crippen LogP contribution < -0.4 is 0 Å². The predicted octanol–water partition coefficient (Wildman–Crippen LogP) is 15.5. The monoisotopic (exact) mass is 822 g/mol. The highest BCUT2D eigenvalue weighted by atomic mass is 16.3. The van der Waals surface area contributed by atoms with Crippen molar-refractivity contribution in [3.05, 3.63) is 218 Å². The summed E-state index contributed by atoms with van der Waals surface area (Å²) in [4.78, 5) is 15.4. The number of para-hydroxylation sites is 4. The van der Waals surface area contributed by atoms with Gasteiger partial charge in [-0.05, 0) is 56.9 Å². The Labute approximate surface area is 376 Å². The molecule has 0 radical (unpaired) electrons. The number of hydrogen-bond donors (Lipinski definition) is 0. The lowest BCUT2D eigenvalue weighted by atomic mass is 9.87. The Morgan fingerprint density at radius 1 is 0.375 bits per heavy atom. The van der Waals surface area contributed by atoms with E-state index in [0.717, 1.165) is 71.3 Å². The van der Waals surface area contributed by atoms with E-state index in [1.807, 2.05) is 133 Å². The van der Waals surface area contributed by atoms with Gasteiger partial charge in [0.25, 0.3) is 0 Å². The standard InChI is InChI=1S/C59H36N4O/c1-3-18-37(19-4-1)57-60-58(38-20-5-2-6-21-38)62-59(61-57)55-46-27-9-7-25-44(46)54(45-26-8-10-28-47(45)55)39-34-35-42(48-29-17-30-49-43-24-13-16-33-53(43)64-56(48)49)52(36-39)63-50-31-14-11-22-40(50)41-23-12-15-32-51(41)63/h1-36H/i11D,12D,22D,23D,31D,32D. The Kier molecular flexibility index (Phi) is 6.87. The van der Waals surface area contributed by atoms with Crippen molar-refractivity contribution in [3.8, 4) is 62.1 Å². The molecule has 3 heterocycles. The van der Waals surface area contributed by atoms with Crippen LogP contribution in [0.5, 0.6) is 0 Å². The van der Waals surface area contributed by atoms with Gasteiger partial charge < -0.3 is 8.98 Å². The van der Waals surface area contributed by atoms with Gasteiger partial charge in [-0.25, -0.2) is 15.0 Å². The van der Waals surface area contributed by atoms with Crippen LogP contribution >= 0.6 is 0 Å². The first kappa shape index (κ1) is 30.4. The largest absolute Gasteiger partial charge is 0.455 e. The Bertz CT molecular complexity index is 4140. The molecule has 13 rings (SSSR count). The van der Waals surface area contributed by atoms with Gasteiger partial charge in [0.1, 0.15) is 11.2 Å². The zero-order chi connectivity index (χ0) is 47.4. The summed E-state index contributed by atoms with van der Waals surface area (Å²) in [5.74, 6) is 1.63. The fourth-order valence-corrected chi connectivity index (χ4v) is 9.42. The Hall–Kier alpha value is -8.67. The topological polar surface area (TPSA) is 56.7 Å². The van der Waals surface area contributed by atoms with E-state index in [0.29, 0.717) is 34.3 Å². The normalized spacial score (nSPS) is 13.1. The molecule has 5 heteroatoms. The molecule has 0 unspecified atom stereocenters. The van der Waals surface area contributed by atoms with Crippen molar-refractivity contribution in [2.24, 2.45) is 0 Å². The van der Waals surface area contributed by atoms with Gasteiger partial charge in [-0.2, -0.15) is 0 Å². The molecular weight excluding hydrogens is 781 g/mol. The number of fused-ring (bicyclic) bond motifs is 8. The van der Waals surface area contributed by atoms with Gasteiger partial charge in [-0.15, -0.1) is 0 Å². The first-order valence-corrected chi connectivity index (χ1v) is 21.1. The molecule has 5 nitrogen and oxygen atoms in total. The van der Waals surface area contributed by atoms with Crippen molar-refractivity contribution in [2.45, 2.75) is 0 Å². The third-order valence-corrected chi connectivity index (χ3v) is 12.2. The number of aromatic nitrogens is 4. The molecule has 0 aliphatic heterocycles. The quantitative estimate of drug-likeness (QED) is 0.157. The highest BCUT2D eigenvalue weighted by Crippen LogP contribution is 2.47. The van der Waals surface area contributed by atoms with Crippen molar-refractivity contribution >= 4 is 65.3 Å². The third-order valence-electron chi connectivity index (χ3n) is 12.2. The van der Waals surface area contributed by atoms with E-state index in [2.05, 4.69) is 36.4 Å². The number of benzene rings is 10. The predicted molar refractivity (Wildman–Crippen MR) is 264 cm³/mol. The fraction of sp³-hybridized carbons (Fsp3) is 0. The molecule has 0 amide bonds. The molecule has 0 aliphatic rings. The molecule has 0 N–H and O–H groups in total. The second kappa shape index (κ2) is 14.5. The molecule has 0 aliphatic carbocycles. The molecule has 64 heavy (non-hydrogen) atoms. The molecule has 298 valence electrons. The smallest absolute Gasteiger partial charge is 0.165 e. The van der Waals surface area contributed by atoms with E-state index in [1.165, 1.54) is 12.1 Å². The van der Waals surface area contributed by atoms with Crippen LogP contribution in [0.25, 0.3) is 127 Å². The first-order chi connectivity index (χ1) is 34.2. The molecule has 0 fully saturated rings. The molecule has 0 spiro atoms. The van der Waals surface area contributed by atoms with E-state index < -0.39 is 0 Å². The van der Waals surface area contributed by atoms with Crippen LogP contribution in [0, 0.1) is 0 Å². The Morgan fingerprint density at radius 3 is 1.50 bits per heavy atom. The highest BCUT2D eigenvalue weighted by Gasteiger charge is 2.24. The van der Waals surface area contributed by atoms with E-state index in [-0.39, 0.29) is 58.1 Å². The lowest BCUT2D eigenvalue weighted by Crippen LogP contribution is -2.02. The second-order valence-corrected chi connectivity index (χ2v) is 15.8. The van der Waals surface area contributed by atoms with E-state index in [1.54, 1.807) is 4.57 Å². The van der Waals surface area contributed by atoms with Crippen LogP contribution in [0.3, 0.4) is 0 Å². The van der Waals surface area contributed by atoms with Crippen LogP contribution in [-0.2, 0) is 0 Å². The number of rotatable bonds is 6. The van der Waals surface area contributed by atoms with Crippen LogP contribution in [0.4, 0.5) is 0 Å².